The predicted octanol–water partition coefficient (Wildman–Crippen LogP) is 2.93. The van der Waals surface area contributed by atoms with E-state index in [4.69, 9.17) is 11.6 Å². The van der Waals surface area contributed by atoms with Gasteiger partial charge in [0.2, 0.25) is 0 Å². The average molecular weight is 295 g/mol. The van der Waals surface area contributed by atoms with Crippen LogP contribution in [0.1, 0.15) is 33.3 Å². The lowest BCUT2D eigenvalue weighted by atomic mass is 9.65. The second-order valence-corrected chi connectivity index (χ2v) is 6.81. The number of halogens is 1. The molecule has 5 heteroatoms. The summed E-state index contributed by atoms with van der Waals surface area (Å²) >= 11 is 5.79. The molecule has 1 aromatic rings. The third kappa shape index (κ3) is 2.62. The van der Waals surface area contributed by atoms with E-state index >= 15 is 0 Å². The molecular weight excluding hydrogens is 272 g/mol. The molecule has 110 valence electrons. The molecule has 0 bridgehead atoms. The van der Waals surface area contributed by atoms with Crippen molar-refractivity contribution in [3.8, 4) is 0 Å². The second-order valence-electron chi connectivity index (χ2n) is 6.42. The molecule has 20 heavy (non-hydrogen) atoms. The maximum absolute atomic E-state index is 5.79. The van der Waals surface area contributed by atoms with Crippen LogP contribution in [0, 0.1) is 5.41 Å². The van der Waals surface area contributed by atoms with Gasteiger partial charge in [0, 0.05) is 37.3 Å². The summed E-state index contributed by atoms with van der Waals surface area (Å²) in [5.74, 6) is 0.935. The van der Waals surface area contributed by atoms with E-state index in [-0.39, 0.29) is 5.54 Å². The molecule has 2 heterocycles. The number of nitrogens with one attached hydrogen (secondary N) is 1. The largest absolute Gasteiger partial charge is 0.352 e. The zero-order valence-electron chi connectivity index (χ0n) is 12.9. The van der Waals surface area contributed by atoms with Crippen molar-refractivity contribution in [2.24, 2.45) is 10.4 Å². The van der Waals surface area contributed by atoms with Gasteiger partial charge in [0.25, 0.3) is 0 Å². The van der Waals surface area contributed by atoms with E-state index < -0.39 is 0 Å². The SMILES string of the molecule is CN=C(NCc1ccc(Cl)nc1)N1CC(C)(C)C1(C)C. The molecule has 1 aliphatic rings. The molecule has 2 rings (SSSR count). The molecule has 1 aliphatic heterocycles. The first-order valence-corrected chi connectivity index (χ1v) is 7.24. The second kappa shape index (κ2) is 5.24. The fourth-order valence-electron chi connectivity index (χ4n) is 2.39. The number of hydrogen-bond acceptors (Lipinski definition) is 2. The molecule has 0 aromatic carbocycles. The number of guanidine groups is 1. The maximum atomic E-state index is 5.79. The van der Waals surface area contributed by atoms with Gasteiger partial charge in [-0.15, -0.1) is 0 Å². The lowest BCUT2D eigenvalue weighted by Gasteiger charge is -2.62. The summed E-state index contributed by atoms with van der Waals surface area (Å²) in [5.41, 5.74) is 1.49. The van der Waals surface area contributed by atoms with Gasteiger partial charge in [-0.3, -0.25) is 4.99 Å². The lowest BCUT2D eigenvalue weighted by Crippen LogP contribution is -2.72. The van der Waals surface area contributed by atoms with Crippen LogP contribution in [0.25, 0.3) is 0 Å². The quantitative estimate of drug-likeness (QED) is 0.518. The highest BCUT2D eigenvalue weighted by Crippen LogP contribution is 2.46. The van der Waals surface area contributed by atoms with Crippen molar-refractivity contribution >= 4 is 17.6 Å². The molecule has 0 radical (unpaired) electrons. The van der Waals surface area contributed by atoms with Crippen molar-refractivity contribution < 1.29 is 0 Å². The molecule has 1 N–H and O–H groups in total. The van der Waals surface area contributed by atoms with E-state index in [1.807, 2.05) is 13.1 Å². The molecule has 0 saturated carbocycles. The van der Waals surface area contributed by atoms with Gasteiger partial charge < -0.3 is 10.2 Å². The minimum atomic E-state index is 0.104. The highest BCUT2D eigenvalue weighted by Gasteiger charge is 2.53. The van der Waals surface area contributed by atoms with Gasteiger partial charge in [-0.25, -0.2) is 4.98 Å². The van der Waals surface area contributed by atoms with E-state index in [2.05, 4.69) is 47.9 Å². The Labute approximate surface area is 126 Å². The fourth-order valence-corrected chi connectivity index (χ4v) is 2.50. The van der Waals surface area contributed by atoms with Crippen LogP contribution in [-0.4, -0.2) is 35.0 Å². The van der Waals surface area contributed by atoms with Crippen LogP contribution in [0.4, 0.5) is 0 Å². The van der Waals surface area contributed by atoms with Crippen molar-refractivity contribution in [1.29, 1.82) is 0 Å². The van der Waals surface area contributed by atoms with Gasteiger partial charge in [-0.1, -0.05) is 31.5 Å². The van der Waals surface area contributed by atoms with E-state index in [0.717, 1.165) is 18.1 Å². The van der Waals surface area contributed by atoms with Gasteiger partial charge >= 0.3 is 0 Å². The first-order valence-electron chi connectivity index (χ1n) is 6.87. The minimum Gasteiger partial charge on any atom is -0.352 e. The fraction of sp³-hybridized carbons (Fsp3) is 0.600. The van der Waals surface area contributed by atoms with Crippen molar-refractivity contribution in [1.82, 2.24) is 15.2 Å². The van der Waals surface area contributed by atoms with Crippen LogP contribution in [0.2, 0.25) is 5.15 Å². The summed E-state index contributed by atoms with van der Waals surface area (Å²) in [5, 5.41) is 3.91. The highest BCUT2D eigenvalue weighted by atomic mass is 35.5. The van der Waals surface area contributed by atoms with Gasteiger partial charge in [-0.2, -0.15) is 0 Å². The summed E-state index contributed by atoms with van der Waals surface area (Å²) in [4.78, 5) is 10.8. The number of rotatable bonds is 2. The Morgan fingerprint density at radius 1 is 1.40 bits per heavy atom. The first-order chi connectivity index (χ1) is 9.28. The molecule has 1 fully saturated rings. The molecule has 0 amide bonds. The topological polar surface area (TPSA) is 40.5 Å². The smallest absolute Gasteiger partial charge is 0.194 e. The third-order valence-corrected chi connectivity index (χ3v) is 4.81. The van der Waals surface area contributed by atoms with Crippen LogP contribution in [0.5, 0.6) is 0 Å². The molecular formula is C15H23ClN4. The standard InChI is InChI=1S/C15H23ClN4/c1-14(2)10-20(15(14,3)4)13(17-5)19-9-11-6-7-12(16)18-8-11/h6-8H,9-10H2,1-5H3,(H,17,19). The summed E-state index contributed by atoms with van der Waals surface area (Å²) in [7, 11) is 1.82. The molecule has 1 saturated heterocycles. The van der Waals surface area contributed by atoms with Gasteiger partial charge in [0.05, 0.1) is 0 Å². The normalized spacial score (nSPS) is 20.5. The summed E-state index contributed by atoms with van der Waals surface area (Å²) < 4.78 is 0. The van der Waals surface area contributed by atoms with Gasteiger partial charge in [0.1, 0.15) is 5.15 Å². The Morgan fingerprint density at radius 2 is 2.10 bits per heavy atom. The van der Waals surface area contributed by atoms with E-state index in [1.165, 1.54) is 0 Å². The Bertz CT molecular complexity index is 505. The first kappa shape index (κ1) is 15.1. The summed E-state index contributed by atoms with van der Waals surface area (Å²) in [6.45, 7) is 10.8. The molecule has 0 aliphatic carbocycles. The maximum Gasteiger partial charge on any atom is 0.194 e. The molecule has 0 spiro atoms. The zero-order chi connectivity index (χ0) is 15.0. The zero-order valence-corrected chi connectivity index (χ0v) is 13.6. The van der Waals surface area contributed by atoms with Crippen LogP contribution in [0.15, 0.2) is 23.3 Å². The predicted molar refractivity (Wildman–Crippen MR) is 84.0 cm³/mol. The van der Waals surface area contributed by atoms with Crippen molar-refractivity contribution in [3.05, 3.63) is 29.0 Å². The number of aromatic nitrogens is 1. The van der Waals surface area contributed by atoms with E-state index in [0.29, 0.717) is 17.1 Å². The Balaban J connectivity index is 2.00. The van der Waals surface area contributed by atoms with Crippen LogP contribution in [-0.2, 0) is 6.54 Å². The highest BCUT2D eigenvalue weighted by molar-refractivity contribution is 6.29. The number of aliphatic imine (C=N–C) groups is 1. The Hall–Kier alpha value is -1.29. The molecule has 1 aromatic heterocycles. The van der Waals surface area contributed by atoms with E-state index in [1.54, 1.807) is 12.3 Å². The summed E-state index contributed by atoms with van der Waals surface area (Å²) in [6.07, 6.45) is 1.79. The van der Waals surface area contributed by atoms with Crippen molar-refractivity contribution in [2.45, 2.75) is 39.8 Å². The molecule has 0 unspecified atom stereocenters. The monoisotopic (exact) mass is 294 g/mol. The van der Waals surface area contributed by atoms with Gasteiger partial charge in [-0.05, 0) is 25.5 Å². The minimum absolute atomic E-state index is 0.104. The number of hydrogen-bond donors (Lipinski definition) is 1. The number of likely N-dealkylation sites (tertiary alicyclic amines) is 1. The number of nitrogens with zero attached hydrogens (tertiary/aromatic N) is 3. The summed E-state index contributed by atoms with van der Waals surface area (Å²) in [6, 6.07) is 3.78. The van der Waals surface area contributed by atoms with Crippen molar-refractivity contribution in [2.75, 3.05) is 13.6 Å². The van der Waals surface area contributed by atoms with Crippen molar-refractivity contribution in [3.63, 3.8) is 0 Å². The molecule has 4 nitrogen and oxygen atoms in total. The van der Waals surface area contributed by atoms with Crippen LogP contribution < -0.4 is 5.32 Å². The van der Waals surface area contributed by atoms with Crippen LogP contribution in [0.3, 0.4) is 0 Å². The van der Waals surface area contributed by atoms with E-state index in [9.17, 15) is 0 Å². The Morgan fingerprint density at radius 3 is 2.55 bits per heavy atom. The number of pyridine rings is 1. The van der Waals surface area contributed by atoms with Crippen LogP contribution >= 0.6 is 11.6 Å². The van der Waals surface area contributed by atoms with Gasteiger partial charge in [0.15, 0.2) is 5.96 Å². The third-order valence-electron chi connectivity index (χ3n) is 4.59. The average Bonchev–Trinajstić information content (AvgIpc) is 2.40. The lowest BCUT2D eigenvalue weighted by molar-refractivity contribution is -0.0667. The molecule has 0 atom stereocenters. The Kier molecular flexibility index (Phi) is 3.96.